The van der Waals surface area contributed by atoms with E-state index >= 15 is 0 Å². The number of furan rings is 1. The van der Waals surface area contributed by atoms with Gasteiger partial charge in [-0.1, -0.05) is 12.1 Å². The van der Waals surface area contributed by atoms with Crippen molar-refractivity contribution < 1.29 is 13.9 Å². The van der Waals surface area contributed by atoms with E-state index < -0.39 is 0 Å². The predicted molar refractivity (Wildman–Crippen MR) is 81.5 cm³/mol. The van der Waals surface area contributed by atoms with Crippen molar-refractivity contribution in [3.8, 4) is 10.8 Å². The average molecular weight is 302 g/mol. The van der Waals surface area contributed by atoms with Crippen molar-refractivity contribution in [1.29, 1.82) is 0 Å². The van der Waals surface area contributed by atoms with Gasteiger partial charge in [-0.25, -0.2) is 4.98 Å². The van der Waals surface area contributed by atoms with Gasteiger partial charge in [0, 0.05) is 13.7 Å². The third-order valence-corrected chi connectivity index (χ3v) is 3.98. The minimum absolute atomic E-state index is 0.251. The van der Waals surface area contributed by atoms with Crippen molar-refractivity contribution in [1.82, 2.24) is 10.3 Å². The number of fused-ring (bicyclic) bond motifs is 1. The molecular formula is C15H14N2O3S. The molecule has 0 bridgehead atoms. The Morgan fingerprint density at radius 3 is 3.00 bits per heavy atom. The van der Waals surface area contributed by atoms with Crippen LogP contribution in [-0.2, 0) is 4.74 Å². The van der Waals surface area contributed by atoms with Gasteiger partial charge < -0.3 is 14.5 Å². The number of methoxy groups -OCH3 is 1. The number of carbonyl (C=O) groups is 1. The van der Waals surface area contributed by atoms with Gasteiger partial charge in [-0.05, 0) is 24.3 Å². The van der Waals surface area contributed by atoms with Crippen LogP contribution in [-0.4, -0.2) is 31.2 Å². The molecule has 0 fully saturated rings. The zero-order chi connectivity index (χ0) is 14.7. The van der Waals surface area contributed by atoms with Crippen LogP contribution >= 0.6 is 11.3 Å². The number of aromatic nitrogens is 1. The van der Waals surface area contributed by atoms with Crippen molar-refractivity contribution >= 4 is 27.5 Å². The number of nitrogens with one attached hydrogen (secondary N) is 1. The highest BCUT2D eigenvalue weighted by atomic mass is 32.1. The first-order valence-corrected chi connectivity index (χ1v) is 7.32. The molecule has 0 spiro atoms. The number of benzene rings is 1. The Balaban J connectivity index is 1.79. The molecule has 0 saturated carbocycles. The molecule has 5 nitrogen and oxygen atoms in total. The maximum absolute atomic E-state index is 11.9. The van der Waals surface area contributed by atoms with E-state index in [1.54, 1.807) is 30.6 Å². The number of rotatable bonds is 5. The van der Waals surface area contributed by atoms with Crippen LogP contribution in [0.5, 0.6) is 0 Å². The average Bonchev–Trinajstić information content (AvgIpc) is 3.13. The van der Waals surface area contributed by atoms with Gasteiger partial charge in [-0.2, -0.15) is 0 Å². The molecule has 1 N–H and O–H groups in total. The SMILES string of the molecule is COCCNC(=O)c1ccc(-c2nc3ccccc3s2)o1. The molecule has 108 valence electrons. The van der Waals surface area contributed by atoms with E-state index in [0.717, 1.165) is 15.2 Å². The predicted octanol–water partition coefficient (Wildman–Crippen LogP) is 2.93. The molecule has 21 heavy (non-hydrogen) atoms. The van der Waals surface area contributed by atoms with Gasteiger partial charge in [0.2, 0.25) is 0 Å². The first kappa shape index (κ1) is 13.8. The van der Waals surface area contributed by atoms with Gasteiger partial charge in [-0.3, -0.25) is 4.79 Å². The summed E-state index contributed by atoms with van der Waals surface area (Å²) in [6, 6.07) is 11.3. The summed E-state index contributed by atoms with van der Waals surface area (Å²) in [6.07, 6.45) is 0. The van der Waals surface area contributed by atoms with E-state index in [-0.39, 0.29) is 11.7 Å². The topological polar surface area (TPSA) is 64.4 Å². The van der Waals surface area contributed by atoms with Crippen molar-refractivity contribution in [2.24, 2.45) is 0 Å². The quantitative estimate of drug-likeness (QED) is 0.736. The number of hydrogen-bond acceptors (Lipinski definition) is 5. The lowest BCUT2D eigenvalue weighted by Gasteiger charge is -2.01. The molecule has 1 aromatic carbocycles. The van der Waals surface area contributed by atoms with Gasteiger partial charge in [-0.15, -0.1) is 11.3 Å². The van der Waals surface area contributed by atoms with E-state index in [2.05, 4.69) is 10.3 Å². The lowest BCUT2D eigenvalue weighted by atomic mass is 10.3. The van der Waals surface area contributed by atoms with Gasteiger partial charge >= 0.3 is 0 Å². The molecule has 0 unspecified atom stereocenters. The van der Waals surface area contributed by atoms with Gasteiger partial charge in [0.05, 0.1) is 16.8 Å². The third kappa shape index (κ3) is 2.96. The van der Waals surface area contributed by atoms with E-state index in [1.807, 2.05) is 24.3 Å². The molecule has 2 aromatic heterocycles. The molecule has 0 atom stereocenters. The third-order valence-electron chi connectivity index (χ3n) is 2.93. The fourth-order valence-corrected chi connectivity index (χ4v) is 2.83. The monoisotopic (exact) mass is 302 g/mol. The van der Waals surface area contributed by atoms with Crippen molar-refractivity contribution in [2.45, 2.75) is 0 Å². The van der Waals surface area contributed by atoms with E-state index in [0.29, 0.717) is 18.9 Å². The van der Waals surface area contributed by atoms with Crippen molar-refractivity contribution in [3.63, 3.8) is 0 Å². The molecule has 6 heteroatoms. The molecule has 1 amide bonds. The van der Waals surface area contributed by atoms with E-state index in [4.69, 9.17) is 9.15 Å². The summed E-state index contributed by atoms with van der Waals surface area (Å²) in [5, 5.41) is 3.49. The normalized spacial score (nSPS) is 10.9. The Hall–Kier alpha value is -2.18. The van der Waals surface area contributed by atoms with Crippen LogP contribution in [0.1, 0.15) is 10.6 Å². The number of thiazole rings is 1. The Kier molecular flexibility index (Phi) is 3.98. The number of carbonyl (C=O) groups excluding carboxylic acids is 1. The van der Waals surface area contributed by atoms with E-state index in [1.165, 1.54) is 0 Å². The Labute approximate surface area is 125 Å². The number of nitrogens with zero attached hydrogens (tertiary/aromatic N) is 1. The summed E-state index contributed by atoms with van der Waals surface area (Å²) in [5.74, 6) is 0.632. The summed E-state index contributed by atoms with van der Waals surface area (Å²) in [4.78, 5) is 16.4. The second-order valence-corrected chi connectivity index (χ2v) is 5.43. The van der Waals surface area contributed by atoms with Gasteiger partial charge in [0.15, 0.2) is 16.5 Å². The zero-order valence-corrected chi connectivity index (χ0v) is 12.3. The molecule has 3 rings (SSSR count). The minimum atomic E-state index is -0.251. The number of amides is 1. The van der Waals surface area contributed by atoms with Crippen LogP contribution in [0, 0.1) is 0 Å². The maximum Gasteiger partial charge on any atom is 0.287 e. The fourth-order valence-electron chi connectivity index (χ4n) is 1.91. The van der Waals surface area contributed by atoms with E-state index in [9.17, 15) is 4.79 Å². The number of para-hydroxylation sites is 1. The minimum Gasteiger partial charge on any atom is -0.448 e. The van der Waals surface area contributed by atoms with Crippen molar-refractivity contribution in [3.05, 3.63) is 42.2 Å². The Morgan fingerprint density at radius 2 is 2.19 bits per heavy atom. The van der Waals surface area contributed by atoms with Crippen LogP contribution in [0.15, 0.2) is 40.8 Å². The van der Waals surface area contributed by atoms with Crippen molar-refractivity contribution in [2.75, 3.05) is 20.3 Å². The second kappa shape index (κ2) is 6.07. The Bertz CT molecular complexity index is 730. The largest absolute Gasteiger partial charge is 0.448 e. The Morgan fingerprint density at radius 1 is 1.33 bits per heavy atom. The van der Waals surface area contributed by atoms with Crippen LogP contribution < -0.4 is 5.32 Å². The lowest BCUT2D eigenvalue weighted by molar-refractivity contribution is 0.0910. The molecule has 0 saturated heterocycles. The highest BCUT2D eigenvalue weighted by Crippen LogP contribution is 2.30. The molecule has 0 aliphatic rings. The molecule has 2 heterocycles. The highest BCUT2D eigenvalue weighted by Gasteiger charge is 2.14. The summed E-state index contributed by atoms with van der Waals surface area (Å²) in [6.45, 7) is 0.920. The molecule has 3 aromatic rings. The smallest absolute Gasteiger partial charge is 0.287 e. The molecule has 0 aliphatic carbocycles. The van der Waals surface area contributed by atoms with Gasteiger partial charge in [0.1, 0.15) is 0 Å². The molecular weight excluding hydrogens is 288 g/mol. The van der Waals surface area contributed by atoms with Crippen LogP contribution in [0.2, 0.25) is 0 Å². The summed E-state index contributed by atoms with van der Waals surface area (Å²) in [5.41, 5.74) is 0.931. The van der Waals surface area contributed by atoms with Crippen LogP contribution in [0.3, 0.4) is 0 Å². The fraction of sp³-hybridized carbons (Fsp3) is 0.200. The number of hydrogen-bond donors (Lipinski definition) is 1. The number of ether oxygens (including phenoxy) is 1. The maximum atomic E-state index is 11.9. The summed E-state index contributed by atoms with van der Waals surface area (Å²) >= 11 is 1.54. The lowest BCUT2D eigenvalue weighted by Crippen LogP contribution is -2.26. The summed E-state index contributed by atoms with van der Waals surface area (Å²) < 4.78 is 11.6. The standard InChI is InChI=1S/C15H14N2O3S/c1-19-9-8-16-14(18)11-6-7-12(20-11)15-17-10-4-2-3-5-13(10)21-15/h2-7H,8-9H2,1H3,(H,16,18). The summed E-state index contributed by atoms with van der Waals surface area (Å²) in [7, 11) is 1.59. The van der Waals surface area contributed by atoms with Gasteiger partial charge in [0.25, 0.3) is 5.91 Å². The second-order valence-electron chi connectivity index (χ2n) is 4.40. The van der Waals surface area contributed by atoms with Crippen LogP contribution in [0.4, 0.5) is 0 Å². The first-order chi connectivity index (χ1) is 10.3. The zero-order valence-electron chi connectivity index (χ0n) is 11.5. The highest BCUT2D eigenvalue weighted by molar-refractivity contribution is 7.21. The van der Waals surface area contributed by atoms with Crippen LogP contribution in [0.25, 0.3) is 21.0 Å². The first-order valence-electron chi connectivity index (χ1n) is 6.51. The molecule has 0 aliphatic heterocycles. The molecule has 0 radical (unpaired) electrons.